The minimum Gasteiger partial charge on any atom is -0.191 e. The molecular formula is C8H4BrF5. The van der Waals surface area contributed by atoms with Crippen LogP contribution in [-0.2, 0) is 5.92 Å². The minimum absolute atomic E-state index is 0.444. The van der Waals surface area contributed by atoms with Gasteiger partial charge in [0.05, 0.1) is 0 Å². The summed E-state index contributed by atoms with van der Waals surface area (Å²) in [6, 6.07) is 3.74. The average molecular weight is 275 g/mol. The number of rotatable bonds is 1. The monoisotopic (exact) mass is 274 g/mol. The van der Waals surface area contributed by atoms with Crippen LogP contribution in [0.4, 0.5) is 22.0 Å². The van der Waals surface area contributed by atoms with Gasteiger partial charge in [0, 0.05) is 10.0 Å². The fourth-order valence-electron chi connectivity index (χ4n) is 0.823. The topological polar surface area (TPSA) is 0 Å². The summed E-state index contributed by atoms with van der Waals surface area (Å²) in [6.07, 6.45) is -5.55. The van der Waals surface area contributed by atoms with E-state index in [0.29, 0.717) is 4.47 Å². The highest BCUT2D eigenvalue weighted by atomic mass is 79.9. The number of hydrogen-bond acceptors (Lipinski definition) is 0. The van der Waals surface area contributed by atoms with Gasteiger partial charge < -0.3 is 0 Å². The lowest BCUT2D eigenvalue weighted by Gasteiger charge is -2.19. The molecular weight excluding hydrogens is 271 g/mol. The van der Waals surface area contributed by atoms with E-state index in [4.69, 9.17) is 0 Å². The van der Waals surface area contributed by atoms with Crippen molar-refractivity contribution >= 4 is 15.9 Å². The van der Waals surface area contributed by atoms with Crippen LogP contribution in [0.3, 0.4) is 0 Å². The van der Waals surface area contributed by atoms with Crippen LogP contribution in [0.5, 0.6) is 0 Å². The summed E-state index contributed by atoms with van der Waals surface area (Å²) < 4.78 is 61.3. The third-order valence-corrected chi connectivity index (χ3v) is 2.09. The summed E-state index contributed by atoms with van der Waals surface area (Å²) >= 11 is 2.94. The van der Waals surface area contributed by atoms with E-state index in [2.05, 4.69) is 15.9 Å². The number of alkyl halides is 5. The van der Waals surface area contributed by atoms with Crippen molar-refractivity contribution in [2.45, 2.75) is 12.1 Å². The van der Waals surface area contributed by atoms with Gasteiger partial charge in [-0.3, -0.25) is 0 Å². The van der Waals surface area contributed by atoms with Gasteiger partial charge in [0.1, 0.15) is 0 Å². The smallest absolute Gasteiger partial charge is 0.191 e. The largest absolute Gasteiger partial charge is 0.458 e. The fourth-order valence-corrected chi connectivity index (χ4v) is 1.09. The molecule has 0 nitrogen and oxygen atoms in total. The van der Waals surface area contributed by atoms with Crippen molar-refractivity contribution < 1.29 is 22.0 Å². The van der Waals surface area contributed by atoms with Crippen molar-refractivity contribution in [1.82, 2.24) is 0 Å². The lowest BCUT2D eigenvalue weighted by atomic mass is 10.1. The molecule has 0 aliphatic heterocycles. The summed E-state index contributed by atoms with van der Waals surface area (Å²) in [6.45, 7) is 0. The van der Waals surface area contributed by atoms with Gasteiger partial charge in [0.15, 0.2) is 0 Å². The normalized spacial score (nSPS) is 13.0. The van der Waals surface area contributed by atoms with Crippen molar-refractivity contribution in [3.05, 3.63) is 34.3 Å². The lowest BCUT2D eigenvalue weighted by Crippen LogP contribution is -2.33. The first-order chi connectivity index (χ1) is 6.25. The van der Waals surface area contributed by atoms with Gasteiger partial charge in [-0.2, -0.15) is 22.0 Å². The maximum absolute atomic E-state index is 12.7. The first-order valence-corrected chi connectivity index (χ1v) is 4.25. The summed E-state index contributed by atoms with van der Waals surface area (Å²) in [5, 5.41) is 0. The van der Waals surface area contributed by atoms with Crippen LogP contribution in [0.1, 0.15) is 5.56 Å². The SMILES string of the molecule is FC(F)(F)C(F)(F)c1ccc(Br)cc1. The second-order valence-corrected chi connectivity index (χ2v) is 3.49. The van der Waals surface area contributed by atoms with Crippen LogP contribution in [0.15, 0.2) is 28.7 Å². The molecule has 0 saturated heterocycles. The van der Waals surface area contributed by atoms with Gasteiger partial charge in [-0.1, -0.05) is 28.1 Å². The van der Waals surface area contributed by atoms with Crippen LogP contribution in [0, 0.1) is 0 Å². The van der Waals surface area contributed by atoms with Gasteiger partial charge >= 0.3 is 12.1 Å². The molecule has 1 rings (SSSR count). The highest BCUT2D eigenvalue weighted by Crippen LogP contribution is 2.43. The van der Waals surface area contributed by atoms with Gasteiger partial charge in [0.25, 0.3) is 0 Å². The predicted molar refractivity (Wildman–Crippen MR) is 44.1 cm³/mol. The Balaban J connectivity index is 3.10. The van der Waals surface area contributed by atoms with Crippen molar-refractivity contribution in [2.24, 2.45) is 0 Å². The molecule has 0 amide bonds. The van der Waals surface area contributed by atoms with Gasteiger partial charge in [-0.05, 0) is 12.1 Å². The molecule has 0 radical (unpaired) electrons. The van der Waals surface area contributed by atoms with Crippen LogP contribution in [0.25, 0.3) is 0 Å². The van der Waals surface area contributed by atoms with Crippen molar-refractivity contribution in [1.29, 1.82) is 0 Å². The first kappa shape index (κ1) is 11.4. The molecule has 0 N–H and O–H groups in total. The van der Waals surface area contributed by atoms with Crippen LogP contribution < -0.4 is 0 Å². The molecule has 14 heavy (non-hydrogen) atoms. The average Bonchev–Trinajstić information content (AvgIpc) is 2.03. The zero-order valence-electron chi connectivity index (χ0n) is 6.58. The minimum atomic E-state index is -5.55. The molecule has 0 heterocycles. The van der Waals surface area contributed by atoms with E-state index in [0.717, 1.165) is 24.3 Å². The molecule has 0 atom stereocenters. The van der Waals surface area contributed by atoms with Crippen molar-refractivity contribution in [3.63, 3.8) is 0 Å². The summed E-state index contributed by atoms with van der Waals surface area (Å²) in [5.41, 5.74) is -1.06. The van der Waals surface area contributed by atoms with Gasteiger partial charge in [-0.15, -0.1) is 0 Å². The van der Waals surface area contributed by atoms with Crippen molar-refractivity contribution in [3.8, 4) is 0 Å². The molecule has 0 spiro atoms. The van der Waals surface area contributed by atoms with E-state index in [1.54, 1.807) is 0 Å². The van der Waals surface area contributed by atoms with E-state index in [1.807, 2.05) is 0 Å². The molecule has 0 unspecified atom stereocenters. The third-order valence-electron chi connectivity index (χ3n) is 1.56. The predicted octanol–water partition coefficient (Wildman–Crippen LogP) is 4.10. The quantitative estimate of drug-likeness (QED) is 0.677. The molecule has 0 aliphatic rings. The Hall–Kier alpha value is -0.650. The van der Waals surface area contributed by atoms with E-state index < -0.39 is 17.7 Å². The zero-order valence-corrected chi connectivity index (χ0v) is 8.16. The first-order valence-electron chi connectivity index (χ1n) is 3.46. The molecule has 0 bridgehead atoms. The number of hydrogen-bond donors (Lipinski definition) is 0. The molecule has 0 fully saturated rings. The maximum atomic E-state index is 12.7. The fraction of sp³-hybridized carbons (Fsp3) is 0.250. The summed E-state index contributed by atoms with van der Waals surface area (Å²) in [7, 11) is 0. The Morgan fingerprint density at radius 2 is 1.29 bits per heavy atom. The summed E-state index contributed by atoms with van der Waals surface area (Å²) in [5.74, 6) is -4.80. The molecule has 6 heteroatoms. The Morgan fingerprint density at radius 3 is 1.64 bits per heavy atom. The zero-order chi connectivity index (χ0) is 11.0. The molecule has 0 saturated carbocycles. The molecule has 1 aromatic rings. The summed E-state index contributed by atoms with van der Waals surface area (Å²) in [4.78, 5) is 0. The second-order valence-electron chi connectivity index (χ2n) is 2.58. The Bertz CT molecular complexity index is 313. The lowest BCUT2D eigenvalue weighted by molar-refractivity contribution is -0.289. The van der Waals surface area contributed by atoms with Crippen LogP contribution in [0.2, 0.25) is 0 Å². The highest BCUT2D eigenvalue weighted by molar-refractivity contribution is 9.10. The van der Waals surface area contributed by atoms with E-state index in [1.165, 1.54) is 0 Å². The maximum Gasteiger partial charge on any atom is 0.458 e. The number of benzene rings is 1. The van der Waals surface area contributed by atoms with E-state index in [-0.39, 0.29) is 0 Å². The third kappa shape index (κ3) is 2.05. The van der Waals surface area contributed by atoms with Crippen LogP contribution in [-0.4, -0.2) is 6.18 Å². The van der Waals surface area contributed by atoms with E-state index in [9.17, 15) is 22.0 Å². The Labute approximate surface area is 84.9 Å². The molecule has 0 aromatic heterocycles. The molecule has 78 valence electrons. The standard InChI is InChI=1S/C8H4BrF5/c9-6-3-1-5(2-4-6)7(10,11)8(12,13)14/h1-4H. The Kier molecular flexibility index (Phi) is 2.85. The Morgan fingerprint density at radius 1 is 0.857 bits per heavy atom. The van der Waals surface area contributed by atoms with Crippen molar-refractivity contribution in [2.75, 3.05) is 0 Å². The molecule has 1 aromatic carbocycles. The van der Waals surface area contributed by atoms with E-state index >= 15 is 0 Å². The highest BCUT2D eigenvalue weighted by Gasteiger charge is 2.58. The van der Waals surface area contributed by atoms with Gasteiger partial charge in [-0.25, -0.2) is 0 Å². The number of halogens is 6. The van der Waals surface area contributed by atoms with Crippen LogP contribution >= 0.6 is 15.9 Å². The van der Waals surface area contributed by atoms with Gasteiger partial charge in [0.2, 0.25) is 0 Å². The second kappa shape index (κ2) is 3.49. The molecule has 0 aliphatic carbocycles.